The molecule has 0 radical (unpaired) electrons. The van der Waals surface area contributed by atoms with Crippen LogP contribution in [0.5, 0.6) is 0 Å². The van der Waals surface area contributed by atoms with E-state index in [9.17, 15) is 22.4 Å². The molecule has 0 amide bonds. The fourth-order valence-electron chi connectivity index (χ4n) is 3.02. The van der Waals surface area contributed by atoms with Crippen LogP contribution in [0.4, 0.5) is 33.2 Å². The van der Waals surface area contributed by atoms with Gasteiger partial charge in [-0.15, -0.1) is 0 Å². The average Bonchev–Trinajstić information content (AvgIpc) is 2.78. The van der Waals surface area contributed by atoms with Crippen molar-refractivity contribution in [1.29, 1.82) is 0 Å². The summed E-state index contributed by atoms with van der Waals surface area (Å²) in [6.07, 6.45) is 1.83. The summed E-state index contributed by atoms with van der Waals surface area (Å²) in [5.74, 6) is -3.14. The predicted molar refractivity (Wildman–Crippen MR) is 132 cm³/mol. The summed E-state index contributed by atoms with van der Waals surface area (Å²) in [6, 6.07) is 9.88. The summed E-state index contributed by atoms with van der Waals surface area (Å²) in [7, 11) is -2.22. The van der Waals surface area contributed by atoms with Gasteiger partial charge in [-0.05, 0) is 44.2 Å². The molecule has 2 aromatic carbocycles. The molecule has 0 atom stereocenters. The first kappa shape index (κ1) is 26.3. The van der Waals surface area contributed by atoms with Gasteiger partial charge in [0.1, 0.15) is 11.4 Å². The highest BCUT2D eigenvalue weighted by atomic mass is 32.2. The first-order valence-corrected chi connectivity index (χ1v) is 12.4. The van der Waals surface area contributed by atoms with E-state index in [4.69, 9.17) is 9.84 Å². The molecule has 0 spiro atoms. The lowest BCUT2D eigenvalue weighted by atomic mass is 10.2. The maximum atomic E-state index is 14.1. The number of carboxylic acid groups (broad SMARTS) is 1. The molecule has 13 heteroatoms. The van der Waals surface area contributed by atoms with Gasteiger partial charge in [-0.3, -0.25) is 4.31 Å². The highest BCUT2D eigenvalue weighted by molar-refractivity contribution is 7.92. The van der Waals surface area contributed by atoms with E-state index in [1.165, 1.54) is 19.3 Å². The number of rotatable bonds is 9. The van der Waals surface area contributed by atoms with Crippen LogP contribution in [0.15, 0.2) is 48.7 Å². The van der Waals surface area contributed by atoms with Crippen molar-refractivity contribution in [2.75, 3.05) is 28.2 Å². The van der Waals surface area contributed by atoms with Crippen LogP contribution in [0.2, 0.25) is 0 Å². The molecule has 0 aliphatic heterocycles. The van der Waals surface area contributed by atoms with E-state index in [1.54, 1.807) is 38.1 Å². The topological polar surface area (TPSA) is 151 Å². The number of sulfonamides is 1. The molecule has 3 N–H and O–H groups in total. The number of carbonyl (C=O) groups excluding carboxylic acids is 1. The number of nitrogens with zero attached hydrogens (tertiary/aromatic N) is 3. The van der Waals surface area contributed by atoms with Crippen LogP contribution in [0.3, 0.4) is 0 Å². The van der Waals surface area contributed by atoms with Crippen LogP contribution in [0.25, 0.3) is 0 Å². The largest absolute Gasteiger partial charge is 0.478 e. The number of carboxylic acids is 1. The molecule has 0 fully saturated rings. The van der Waals surface area contributed by atoms with Crippen LogP contribution >= 0.6 is 0 Å². The molecule has 11 nitrogen and oxygen atoms in total. The van der Waals surface area contributed by atoms with Crippen LogP contribution in [-0.2, 0) is 14.8 Å². The third-order valence-corrected chi connectivity index (χ3v) is 5.99. The van der Waals surface area contributed by atoms with Gasteiger partial charge >= 0.3 is 11.9 Å². The van der Waals surface area contributed by atoms with Crippen molar-refractivity contribution in [3.63, 3.8) is 0 Å². The Balaban J connectivity index is 2.03. The number of aromatic carboxylic acids is 1. The SMILES string of the molecule is CC(C)OC(=O)c1cnc(Nc2ccc(C(=O)O)c(F)c2)nc1Nc1ccccc1N(C)S(C)(=O)=O. The lowest BCUT2D eigenvalue weighted by Gasteiger charge is -2.21. The molecule has 0 saturated heterocycles. The van der Waals surface area contributed by atoms with Gasteiger partial charge < -0.3 is 20.5 Å². The lowest BCUT2D eigenvalue weighted by molar-refractivity contribution is 0.0378. The molecule has 3 rings (SSSR count). The average molecular weight is 518 g/mol. The molecular weight excluding hydrogens is 493 g/mol. The summed E-state index contributed by atoms with van der Waals surface area (Å²) in [5, 5.41) is 14.7. The zero-order valence-corrected chi connectivity index (χ0v) is 20.6. The Morgan fingerprint density at radius 2 is 1.81 bits per heavy atom. The van der Waals surface area contributed by atoms with Gasteiger partial charge in [0.05, 0.1) is 29.3 Å². The molecule has 0 unspecified atom stereocenters. The van der Waals surface area contributed by atoms with Crippen molar-refractivity contribution in [3.8, 4) is 0 Å². The zero-order valence-electron chi connectivity index (χ0n) is 19.8. The van der Waals surface area contributed by atoms with E-state index in [2.05, 4.69) is 20.6 Å². The Kier molecular flexibility index (Phi) is 7.73. The molecule has 0 aliphatic rings. The highest BCUT2D eigenvalue weighted by Gasteiger charge is 2.21. The van der Waals surface area contributed by atoms with E-state index in [1.807, 2.05) is 0 Å². The van der Waals surface area contributed by atoms with Gasteiger partial charge in [-0.1, -0.05) is 12.1 Å². The summed E-state index contributed by atoms with van der Waals surface area (Å²) >= 11 is 0. The Morgan fingerprint density at radius 3 is 2.42 bits per heavy atom. The quantitative estimate of drug-likeness (QED) is 0.358. The lowest BCUT2D eigenvalue weighted by Crippen LogP contribution is -2.25. The third-order valence-electron chi connectivity index (χ3n) is 4.80. The summed E-state index contributed by atoms with van der Waals surface area (Å²) < 4.78 is 44.6. The van der Waals surface area contributed by atoms with Gasteiger partial charge in [0, 0.05) is 18.9 Å². The number of halogens is 1. The Labute approximate surface area is 207 Å². The van der Waals surface area contributed by atoms with Gasteiger partial charge in [0.25, 0.3) is 0 Å². The Hall–Kier alpha value is -4.26. The smallest absolute Gasteiger partial charge is 0.343 e. The monoisotopic (exact) mass is 517 g/mol. The number of anilines is 5. The van der Waals surface area contributed by atoms with Crippen molar-refractivity contribution in [3.05, 3.63) is 65.6 Å². The standard InChI is InChI=1S/C23H24FN5O6S/c1-13(2)35-22(32)16-12-25-23(26-14-9-10-15(21(30)31)17(24)11-14)28-20(16)27-18-7-5-6-8-19(18)29(3)36(4,33)34/h5-13H,1-4H3,(H,30,31)(H2,25,26,27,28). The van der Waals surface area contributed by atoms with Crippen molar-refractivity contribution in [2.45, 2.75) is 20.0 Å². The van der Waals surface area contributed by atoms with Gasteiger partial charge in [0.2, 0.25) is 16.0 Å². The Morgan fingerprint density at radius 1 is 1.11 bits per heavy atom. The second-order valence-electron chi connectivity index (χ2n) is 7.91. The number of carbonyl (C=O) groups is 2. The van der Waals surface area contributed by atoms with Crippen LogP contribution in [0.1, 0.15) is 34.6 Å². The minimum absolute atomic E-state index is 0.00451. The van der Waals surface area contributed by atoms with Gasteiger partial charge in [-0.25, -0.2) is 27.4 Å². The maximum absolute atomic E-state index is 14.1. The Bertz CT molecular complexity index is 1410. The minimum Gasteiger partial charge on any atom is -0.478 e. The molecule has 36 heavy (non-hydrogen) atoms. The van der Waals surface area contributed by atoms with E-state index in [0.29, 0.717) is 11.4 Å². The van der Waals surface area contributed by atoms with Crippen molar-refractivity contribution < 1.29 is 32.2 Å². The van der Waals surface area contributed by atoms with Crippen molar-refractivity contribution >= 4 is 50.8 Å². The minimum atomic E-state index is -3.60. The van der Waals surface area contributed by atoms with Gasteiger partial charge in [0.15, 0.2) is 5.82 Å². The van der Waals surface area contributed by atoms with Crippen molar-refractivity contribution in [2.24, 2.45) is 0 Å². The molecular formula is C23H24FN5O6S. The highest BCUT2D eigenvalue weighted by Crippen LogP contribution is 2.31. The number of aromatic nitrogens is 2. The summed E-state index contributed by atoms with van der Waals surface area (Å²) in [6.45, 7) is 3.35. The molecule has 0 aliphatic carbocycles. The second kappa shape index (κ2) is 10.6. The summed E-state index contributed by atoms with van der Waals surface area (Å²) in [5.41, 5.74) is 0.256. The molecule has 1 heterocycles. The van der Waals surface area contributed by atoms with E-state index in [-0.39, 0.29) is 23.0 Å². The maximum Gasteiger partial charge on any atom is 0.343 e. The summed E-state index contributed by atoms with van der Waals surface area (Å²) in [4.78, 5) is 32.1. The fraction of sp³-hybridized carbons (Fsp3) is 0.217. The number of hydrogen-bond acceptors (Lipinski definition) is 9. The first-order chi connectivity index (χ1) is 16.9. The number of benzene rings is 2. The molecule has 190 valence electrons. The fourth-order valence-corrected chi connectivity index (χ4v) is 3.54. The van der Waals surface area contributed by atoms with Gasteiger partial charge in [-0.2, -0.15) is 4.98 Å². The number of nitrogens with one attached hydrogen (secondary N) is 2. The third kappa shape index (κ3) is 6.24. The molecule has 1 aromatic heterocycles. The molecule has 3 aromatic rings. The van der Waals surface area contributed by atoms with E-state index >= 15 is 0 Å². The van der Waals surface area contributed by atoms with E-state index < -0.39 is 39.4 Å². The van der Waals surface area contributed by atoms with Crippen LogP contribution in [-0.4, -0.2) is 54.8 Å². The zero-order chi connectivity index (χ0) is 26.6. The number of esters is 1. The molecule has 0 bridgehead atoms. The second-order valence-corrected chi connectivity index (χ2v) is 9.92. The normalized spacial score (nSPS) is 11.2. The predicted octanol–water partition coefficient (Wildman–Crippen LogP) is 3.76. The van der Waals surface area contributed by atoms with Crippen molar-refractivity contribution in [1.82, 2.24) is 9.97 Å². The molecule has 0 saturated carbocycles. The van der Waals surface area contributed by atoms with E-state index in [0.717, 1.165) is 22.7 Å². The van der Waals surface area contributed by atoms with Crippen LogP contribution in [0, 0.1) is 5.82 Å². The number of hydrogen-bond donors (Lipinski definition) is 3. The number of para-hydroxylation sites is 2. The van der Waals surface area contributed by atoms with Crippen LogP contribution < -0.4 is 14.9 Å². The number of ether oxygens (including phenoxy) is 1. The first-order valence-electron chi connectivity index (χ1n) is 10.5.